The maximum atomic E-state index is 12.3. The van der Waals surface area contributed by atoms with Crippen LogP contribution in [0.1, 0.15) is 15.9 Å². The minimum absolute atomic E-state index is 0.0251. The van der Waals surface area contributed by atoms with Crippen LogP contribution in [0.2, 0.25) is 0 Å². The van der Waals surface area contributed by atoms with Crippen LogP contribution >= 0.6 is 0 Å². The zero-order chi connectivity index (χ0) is 20.8. The van der Waals surface area contributed by atoms with Crippen LogP contribution in [0.25, 0.3) is 10.8 Å². The number of carbonyl (C=O) groups is 2. The van der Waals surface area contributed by atoms with Crippen molar-refractivity contribution in [3.8, 4) is 5.75 Å². The predicted molar refractivity (Wildman–Crippen MR) is 115 cm³/mol. The number of rotatable bonds is 7. The topological polar surface area (TPSA) is 81.2 Å². The van der Waals surface area contributed by atoms with Crippen LogP contribution in [0, 0.1) is 0 Å². The number of anilines is 1. The molecule has 4 aromatic rings. The number of hydrogen-bond acceptors (Lipinski definition) is 5. The summed E-state index contributed by atoms with van der Waals surface area (Å²) in [7, 11) is 0. The quantitative estimate of drug-likeness (QED) is 0.508. The molecule has 6 heteroatoms. The number of benzene rings is 2. The standard InChI is InChI=1S/C24H19N3O3/c28-22(14-17-1-2-20-15-26-10-7-19(20)13-17)16-30-23-5-3-18(4-6-23)24(29)27-21-8-11-25-12-9-21/h1-13,15H,14,16H2,(H,25,27,29). The number of ether oxygens (including phenoxy) is 1. The monoisotopic (exact) mass is 397 g/mol. The number of hydrogen-bond donors (Lipinski definition) is 1. The fourth-order valence-electron chi connectivity index (χ4n) is 3.03. The lowest BCUT2D eigenvalue weighted by Gasteiger charge is -2.08. The number of Topliss-reactive ketones (excluding diaryl/α,β-unsaturated/α-hetero) is 1. The largest absolute Gasteiger partial charge is 0.486 e. The van der Waals surface area contributed by atoms with Crippen LogP contribution in [-0.4, -0.2) is 28.3 Å². The van der Waals surface area contributed by atoms with E-state index < -0.39 is 0 Å². The summed E-state index contributed by atoms with van der Waals surface area (Å²) in [5.41, 5.74) is 2.10. The molecule has 0 aliphatic heterocycles. The highest BCUT2D eigenvalue weighted by atomic mass is 16.5. The van der Waals surface area contributed by atoms with E-state index in [2.05, 4.69) is 15.3 Å². The van der Waals surface area contributed by atoms with Crippen LogP contribution in [0.15, 0.2) is 85.5 Å². The minimum atomic E-state index is -0.227. The third-order valence-electron chi connectivity index (χ3n) is 4.56. The summed E-state index contributed by atoms with van der Waals surface area (Å²) in [5.74, 6) is 0.284. The van der Waals surface area contributed by atoms with Gasteiger partial charge in [0.05, 0.1) is 0 Å². The molecule has 0 fully saturated rings. The molecule has 6 nitrogen and oxygen atoms in total. The molecule has 2 aromatic heterocycles. The lowest BCUT2D eigenvalue weighted by Crippen LogP contribution is -2.14. The number of nitrogens with one attached hydrogen (secondary N) is 1. The molecule has 148 valence electrons. The fraction of sp³-hybridized carbons (Fsp3) is 0.0833. The zero-order valence-electron chi connectivity index (χ0n) is 16.1. The number of amides is 1. The van der Waals surface area contributed by atoms with Gasteiger partial charge in [-0.1, -0.05) is 18.2 Å². The van der Waals surface area contributed by atoms with Crippen LogP contribution in [0.3, 0.4) is 0 Å². The second kappa shape index (κ2) is 8.96. The molecule has 0 bridgehead atoms. The SMILES string of the molecule is O=C(COc1ccc(C(=O)Nc2ccncc2)cc1)Cc1ccc2cnccc2c1. The van der Waals surface area contributed by atoms with Gasteiger partial charge in [0.2, 0.25) is 0 Å². The second-order valence-electron chi connectivity index (χ2n) is 6.78. The number of ketones is 1. The van der Waals surface area contributed by atoms with Crippen LogP contribution in [0.4, 0.5) is 5.69 Å². The van der Waals surface area contributed by atoms with Crippen molar-refractivity contribution >= 4 is 28.2 Å². The van der Waals surface area contributed by atoms with Crippen LogP contribution in [-0.2, 0) is 11.2 Å². The van der Waals surface area contributed by atoms with E-state index in [9.17, 15) is 9.59 Å². The molecule has 30 heavy (non-hydrogen) atoms. The summed E-state index contributed by atoms with van der Waals surface area (Å²) in [6.45, 7) is -0.0308. The molecule has 0 saturated carbocycles. The number of carbonyl (C=O) groups excluding carboxylic acids is 2. The Labute approximate surface area is 173 Å². The Hall–Kier alpha value is -4.06. The lowest BCUT2D eigenvalue weighted by atomic mass is 10.1. The number of nitrogens with zero attached hydrogens (tertiary/aromatic N) is 2. The molecule has 0 saturated heterocycles. The Morgan fingerprint density at radius 3 is 2.40 bits per heavy atom. The first kappa shape index (κ1) is 19.3. The molecule has 0 atom stereocenters. The van der Waals surface area contributed by atoms with Gasteiger partial charge in [0.25, 0.3) is 5.91 Å². The molecule has 0 aliphatic carbocycles. The maximum Gasteiger partial charge on any atom is 0.255 e. The van der Waals surface area contributed by atoms with Gasteiger partial charge in [0, 0.05) is 47.8 Å². The molecule has 4 rings (SSSR count). The van der Waals surface area contributed by atoms with E-state index in [0.29, 0.717) is 23.4 Å². The van der Waals surface area contributed by atoms with Gasteiger partial charge in [-0.05, 0) is 53.4 Å². The van der Waals surface area contributed by atoms with Gasteiger partial charge in [0.15, 0.2) is 5.78 Å². The van der Waals surface area contributed by atoms with E-state index in [-0.39, 0.29) is 18.3 Å². The predicted octanol–water partition coefficient (Wildman–Crippen LogP) is 4.07. The van der Waals surface area contributed by atoms with Crippen molar-refractivity contribution in [3.63, 3.8) is 0 Å². The van der Waals surface area contributed by atoms with E-state index in [1.807, 2.05) is 24.3 Å². The third kappa shape index (κ3) is 4.86. The summed E-state index contributed by atoms with van der Waals surface area (Å²) in [5, 5.41) is 4.88. The number of pyridine rings is 2. The Balaban J connectivity index is 1.31. The highest BCUT2D eigenvalue weighted by molar-refractivity contribution is 6.04. The van der Waals surface area contributed by atoms with E-state index in [0.717, 1.165) is 16.3 Å². The van der Waals surface area contributed by atoms with Gasteiger partial charge in [-0.2, -0.15) is 0 Å². The molecule has 0 radical (unpaired) electrons. The van der Waals surface area contributed by atoms with Gasteiger partial charge in [-0.15, -0.1) is 0 Å². The minimum Gasteiger partial charge on any atom is -0.486 e. The Morgan fingerprint density at radius 1 is 0.833 bits per heavy atom. The highest BCUT2D eigenvalue weighted by Gasteiger charge is 2.09. The highest BCUT2D eigenvalue weighted by Crippen LogP contribution is 2.16. The van der Waals surface area contributed by atoms with Gasteiger partial charge in [-0.3, -0.25) is 19.6 Å². The molecule has 0 spiro atoms. The first-order chi connectivity index (χ1) is 14.7. The summed E-state index contributed by atoms with van der Waals surface area (Å²) in [4.78, 5) is 32.6. The van der Waals surface area contributed by atoms with Crippen molar-refractivity contribution in [3.05, 3.63) is 96.6 Å². The molecule has 0 aliphatic rings. The molecule has 1 amide bonds. The van der Waals surface area contributed by atoms with Crippen LogP contribution < -0.4 is 10.1 Å². The molecule has 1 N–H and O–H groups in total. The Kier molecular flexibility index (Phi) is 5.75. The van der Waals surface area contributed by atoms with Gasteiger partial charge in [0.1, 0.15) is 12.4 Å². The Bertz CT molecular complexity index is 1180. The van der Waals surface area contributed by atoms with Crippen molar-refractivity contribution in [2.24, 2.45) is 0 Å². The number of fused-ring (bicyclic) bond motifs is 1. The van der Waals surface area contributed by atoms with Gasteiger partial charge < -0.3 is 10.1 Å². The number of aromatic nitrogens is 2. The van der Waals surface area contributed by atoms with Crippen molar-refractivity contribution in [2.45, 2.75) is 6.42 Å². The summed E-state index contributed by atoms with van der Waals surface area (Å²) >= 11 is 0. The Morgan fingerprint density at radius 2 is 1.60 bits per heavy atom. The fourth-order valence-corrected chi connectivity index (χ4v) is 3.03. The molecule has 0 unspecified atom stereocenters. The normalized spacial score (nSPS) is 10.5. The van der Waals surface area contributed by atoms with E-state index >= 15 is 0 Å². The zero-order valence-corrected chi connectivity index (χ0v) is 16.1. The molecular formula is C24H19N3O3. The summed E-state index contributed by atoms with van der Waals surface area (Å²) in [6.07, 6.45) is 7.05. The van der Waals surface area contributed by atoms with E-state index in [1.165, 1.54) is 0 Å². The maximum absolute atomic E-state index is 12.3. The van der Waals surface area contributed by atoms with Crippen molar-refractivity contribution < 1.29 is 14.3 Å². The lowest BCUT2D eigenvalue weighted by molar-refractivity contribution is -0.120. The molecule has 2 aromatic carbocycles. The van der Waals surface area contributed by atoms with Crippen molar-refractivity contribution in [1.82, 2.24) is 9.97 Å². The van der Waals surface area contributed by atoms with Crippen LogP contribution in [0.5, 0.6) is 5.75 Å². The third-order valence-corrected chi connectivity index (χ3v) is 4.56. The average molecular weight is 397 g/mol. The first-order valence-corrected chi connectivity index (χ1v) is 9.46. The second-order valence-corrected chi connectivity index (χ2v) is 6.78. The van der Waals surface area contributed by atoms with Crippen molar-refractivity contribution in [1.29, 1.82) is 0 Å². The molecule has 2 heterocycles. The van der Waals surface area contributed by atoms with Gasteiger partial charge in [-0.25, -0.2) is 0 Å². The molecular weight excluding hydrogens is 378 g/mol. The summed E-state index contributed by atoms with van der Waals surface area (Å²) in [6, 6.07) is 17.9. The van der Waals surface area contributed by atoms with E-state index in [4.69, 9.17) is 4.74 Å². The van der Waals surface area contributed by atoms with Gasteiger partial charge >= 0.3 is 0 Å². The average Bonchev–Trinajstić information content (AvgIpc) is 2.78. The first-order valence-electron chi connectivity index (χ1n) is 9.46. The van der Waals surface area contributed by atoms with Crippen molar-refractivity contribution in [2.75, 3.05) is 11.9 Å². The van der Waals surface area contributed by atoms with E-state index in [1.54, 1.807) is 61.2 Å². The smallest absolute Gasteiger partial charge is 0.255 e. The summed E-state index contributed by atoms with van der Waals surface area (Å²) < 4.78 is 5.58.